The summed E-state index contributed by atoms with van der Waals surface area (Å²) >= 11 is 0. The number of hydrogen-bond donors (Lipinski definition) is 1. The Bertz CT molecular complexity index is 730. The van der Waals surface area contributed by atoms with E-state index in [-0.39, 0.29) is 5.91 Å². The average Bonchev–Trinajstić information content (AvgIpc) is 3.26. The normalized spacial score (nSPS) is 28.9. The summed E-state index contributed by atoms with van der Waals surface area (Å²) in [4.78, 5) is 26.4. The van der Waals surface area contributed by atoms with Crippen molar-refractivity contribution < 1.29 is 4.79 Å². The highest BCUT2D eigenvalue weighted by Crippen LogP contribution is 2.39. The van der Waals surface area contributed by atoms with Gasteiger partial charge < -0.3 is 5.73 Å². The van der Waals surface area contributed by atoms with Crippen molar-refractivity contribution in [2.24, 2.45) is 22.6 Å². The van der Waals surface area contributed by atoms with Crippen LogP contribution in [0.15, 0.2) is 29.4 Å². The van der Waals surface area contributed by atoms with Crippen molar-refractivity contribution in [1.29, 1.82) is 0 Å². The molecule has 2 fully saturated rings. The van der Waals surface area contributed by atoms with Crippen LogP contribution in [0.1, 0.15) is 63.5 Å². The van der Waals surface area contributed by atoms with E-state index in [1.54, 1.807) is 11.9 Å². The second-order valence-corrected chi connectivity index (χ2v) is 9.32. The molecule has 1 saturated carbocycles. The molecule has 4 rings (SSSR count). The Morgan fingerprint density at radius 2 is 2.00 bits per heavy atom. The fourth-order valence-electron chi connectivity index (χ4n) is 5.50. The molecular weight excluding hydrogens is 362 g/mol. The molecule has 1 saturated heterocycles. The van der Waals surface area contributed by atoms with Crippen LogP contribution in [-0.2, 0) is 11.3 Å². The maximum absolute atomic E-state index is 13.2. The highest BCUT2D eigenvalue weighted by molar-refractivity contribution is 6.06. The number of hydrogen-bond acceptors (Lipinski definition) is 5. The van der Waals surface area contributed by atoms with Crippen molar-refractivity contribution in [3.05, 3.63) is 30.1 Å². The van der Waals surface area contributed by atoms with E-state index in [2.05, 4.69) is 16.0 Å². The van der Waals surface area contributed by atoms with Gasteiger partial charge >= 0.3 is 0 Å². The van der Waals surface area contributed by atoms with Crippen molar-refractivity contribution >= 4 is 11.9 Å². The summed E-state index contributed by atoms with van der Waals surface area (Å²) in [6.07, 6.45) is 12.4. The number of rotatable bonds is 7. The minimum absolute atomic E-state index is 0.106. The molecule has 0 spiro atoms. The molecule has 1 amide bonds. The lowest BCUT2D eigenvalue weighted by atomic mass is 9.78. The van der Waals surface area contributed by atoms with Crippen LogP contribution >= 0.6 is 0 Å². The van der Waals surface area contributed by atoms with E-state index in [0.717, 1.165) is 56.9 Å². The molecule has 6 heteroatoms. The summed E-state index contributed by atoms with van der Waals surface area (Å²) in [6, 6.07) is 6.08. The van der Waals surface area contributed by atoms with Crippen molar-refractivity contribution in [2.75, 3.05) is 20.1 Å². The number of aromatic nitrogens is 1. The summed E-state index contributed by atoms with van der Waals surface area (Å²) in [5.74, 6) is 1.73. The van der Waals surface area contributed by atoms with Crippen LogP contribution in [0.3, 0.4) is 0 Å². The first-order valence-electron chi connectivity index (χ1n) is 11.3. The quantitative estimate of drug-likeness (QED) is 0.767. The molecule has 1 aliphatic carbocycles. The zero-order valence-corrected chi connectivity index (χ0v) is 17.7. The van der Waals surface area contributed by atoms with E-state index in [4.69, 9.17) is 10.7 Å². The highest BCUT2D eigenvalue weighted by atomic mass is 16.2. The number of amides is 1. The molecule has 29 heavy (non-hydrogen) atoms. The summed E-state index contributed by atoms with van der Waals surface area (Å²) in [6.45, 7) is 2.95. The Balaban J connectivity index is 1.40. The molecule has 0 radical (unpaired) electrons. The number of guanidine groups is 1. The maximum atomic E-state index is 13.2. The Kier molecular flexibility index (Phi) is 6.18. The van der Waals surface area contributed by atoms with Crippen LogP contribution in [0.25, 0.3) is 0 Å². The fraction of sp³-hybridized carbons (Fsp3) is 0.696. The second-order valence-electron chi connectivity index (χ2n) is 9.32. The van der Waals surface area contributed by atoms with E-state index in [9.17, 15) is 4.79 Å². The van der Waals surface area contributed by atoms with Crippen molar-refractivity contribution in [2.45, 2.75) is 69.9 Å². The van der Waals surface area contributed by atoms with Crippen LogP contribution in [0, 0.1) is 11.8 Å². The highest BCUT2D eigenvalue weighted by Gasteiger charge is 2.48. The Labute approximate surface area is 174 Å². The molecule has 3 aliphatic rings. The van der Waals surface area contributed by atoms with E-state index >= 15 is 0 Å². The van der Waals surface area contributed by atoms with Gasteiger partial charge in [-0.3, -0.25) is 19.6 Å². The third-order valence-electron chi connectivity index (χ3n) is 7.17. The summed E-state index contributed by atoms with van der Waals surface area (Å²) < 4.78 is 0. The summed E-state index contributed by atoms with van der Waals surface area (Å²) in [7, 11) is 1.77. The smallest absolute Gasteiger partial charge is 0.257 e. The number of aliphatic imine (C=N–C) groups is 1. The Morgan fingerprint density at radius 1 is 1.17 bits per heavy atom. The SMILES string of the molecule is CN1C(=O)[C@](CCC2CCCCC2)(C[C@H]2CCN(Cc3ccccn3)C2)N=C1N. The van der Waals surface area contributed by atoms with Crippen molar-refractivity contribution in [3.63, 3.8) is 0 Å². The first kappa shape index (κ1) is 20.3. The van der Waals surface area contributed by atoms with Gasteiger partial charge in [-0.2, -0.15) is 0 Å². The molecule has 6 nitrogen and oxygen atoms in total. The lowest BCUT2D eigenvalue weighted by Gasteiger charge is -2.30. The zero-order valence-electron chi connectivity index (χ0n) is 17.7. The monoisotopic (exact) mass is 397 g/mol. The number of nitrogens with zero attached hydrogens (tertiary/aromatic N) is 4. The molecule has 0 aromatic carbocycles. The molecule has 1 aromatic heterocycles. The Hall–Kier alpha value is -1.95. The van der Waals surface area contributed by atoms with Gasteiger partial charge in [-0.25, -0.2) is 4.99 Å². The standard InChI is InChI=1S/C23H35N5O/c1-27-21(29)23(26-22(27)24,12-10-18-7-3-2-4-8-18)15-19-11-14-28(16-19)17-20-9-5-6-13-25-20/h5-6,9,13,18-19H,2-4,7-8,10-12,14-17H2,1H3,(H2,24,26)/t19-,23+/m1/s1. The molecule has 0 bridgehead atoms. The molecule has 2 N–H and O–H groups in total. The van der Waals surface area contributed by atoms with Crippen LogP contribution in [0.4, 0.5) is 0 Å². The molecule has 2 aliphatic heterocycles. The number of likely N-dealkylation sites (N-methyl/N-ethyl adjacent to an activating group) is 1. The van der Waals surface area contributed by atoms with Crippen molar-refractivity contribution in [3.8, 4) is 0 Å². The number of carbonyl (C=O) groups excluding carboxylic acids is 1. The topological polar surface area (TPSA) is 74.8 Å². The third kappa shape index (κ3) is 4.63. The van der Waals surface area contributed by atoms with Gasteiger partial charge in [-0.15, -0.1) is 0 Å². The summed E-state index contributed by atoms with van der Waals surface area (Å²) in [5, 5.41) is 0. The first-order valence-corrected chi connectivity index (χ1v) is 11.3. The van der Waals surface area contributed by atoms with E-state index < -0.39 is 5.54 Å². The number of likely N-dealkylation sites (tertiary alicyclic amines) is 1. The Morgan fingerprint density at radius 3 is 2.69 bits per heavy atom. The van der Waals surface area contributed by atoms with E-state index in [1.807, 2.05) is 18.3 Å². The third-order valence-corrected chi connectivity index (χ3v) is 7.17. The number of pyridine rings is 1. The predicted molar refractivity (Wildman–Crippen MR) is 115 cm³/mol. The minimum Gasteiger partial charge on any atom is -0.369 e. The molecule has 158 valence electrons. The molecular formula is C23H35N5O. The van der Waals surface area contributed by atoms with Gasteiger partial charge in [-0.05, 0) is 56.2 Å². The van der Waals surface area contributed by atoms with E-state index in [0.29, 0.717) is 11.9 Å². The zero-order chi connectivity index (χ0) is 20.3. The van der Waals surface area contributed by atoms with Gasteiger partial charge in [0.1, 0.15) is 5.54 Å². The van der Waals surface area contributed by atoms with Crippen molar-refractivity contribution in [1.82, 2.24) is 14.8 Å². The van der Waals surface area contributed by atoms with Gasteiger partial charge in [0.05, 0.1) is 5.69 Å². The first-order chi connectivity index (χ1) is 14.1. The maximum Gasteiger partial charge on any atom is 0.257 e. The summed E-state index contributed by atoms with van der Waals surface area (Å²) in [5.41, 5.74) is 6.57. The molecule has 1 aromatic rings. The van der Waals surface area contributed by atoms with E-state index in [1.165, 1.54) is 32.1 Å². The number of carbonyl (C=O) groups is 1. The fourth-order valence-corrected chi connectivity index (χ4v) is 5.50. The van der Waals surface area contributed by atoms with Gasteiger partial charge in [0.25, 0.3) is 5.91 Å². The minimum atomic E-state index is -0.637. The van der Waals surface area contributed by atoms with Crippen LogP contribution in [0.2, 0.25) is 0 Å². The second kappa shape index (κ2) is 8.82. The lowest BCUT2D eigenvalue weighted by Crippen LogP contribution is -2.43. The molecule has 2 atom stereocenters. The predicted octanol–water partition coefficient (Wildman–Crippen LogP) is 3.18. The lowest BCUT2D eigenvalue weighted by molar-refractivity contribution is -0.131. The average molecular weight is 398 g/mol. The van der Waals surface area contributed by atoms with Gasteiger partial charge in [0.2, 0.25) is 0 Å². The number of nitrogens with two attached hydrogens (primary N) is 1. The van der Waals surface area contributed by atoms with Crippen LogP contribution in [-0.4, -0.2) is 52.3 Å². The van der Waals surface area contributed by atoms with Gasteiger partial charge in [0, 0.05) is 26.3 Å². The molecule has 3 heterocycles. The van der Waals surface area contributed by atoms with Gasteiger partial charge in [-0.1, -0.05) is 38.2 Å². The van der Waals surface area contributed by atoms with Crippen LogP contribution < -0.4 is 5.73 Å². The van der Waals surface area contributed by atoms with Gasteiger partial charge in [0.15, 0.2) is 5.96 Å². The largest absolute Gasteiger partial charge is 0.369 e. The van der Waals surface area contributed by atoms with Crippen LogP contribution in [0.5, 0.6) is 0 Å². The molecule has 0 unspecified atom stereocenters.